The van der Waals surface area contributed by atoms with Crippen LogP contribution in [0.4, 0.5) is 28.4 Å². The van der Waals surface area contributed by atoms with Gasteiger partial charge in [-0.15, -0.1) is 0 Å². The Balaban J connectivity index is 0.00000123. The molecule has 0 N–H and O–H groups in total. The fourth-order valence-electron chi connectivity index (χ4n) is 16.8. The van der Waals surface area contributed by atoms with Crippen molar-refractivity contribution in [3.05, 3.63) is 149 Å². The molecule has 4 aliphatic rings. The van der Waals surface area contributed by atoms with Crippen LogP contribution in [-0.2, 0) is 0 Å². The fraction of sp³-hybridized carbons (Fsp3) is 0.700. The Morgan fingerprint density at radius 2 is 0.579 bits per heavy atom. The second-order valence-corrected chi connectivity index (χ2v) is 35.5. The van der Waals surface area contributed by atoms with Gasteiger partial charge >= 0.3 is 0 Å². The summed E-state index contributed by atoms with van der Waals surface area (Å²) >= 11 is 0. The summed E-state index contributed by atoms with van der Waals surface area (Å²) in [6, 6.07) is 42.0. The van der Waals surface area contributed by atoms with Gasteiger partial charge in [0.2, 0.25) is 0 Å². The maximum atomic E-state index is 2.55. The van der Waals surface area contributed by atoms with E-state index >= 15 is 0 Å². The highest BCUT2D eigenvalue weighted by Crippen LogP contribution is 2.42. The second kappa shape index (κ2) is 48.1. The van der Waals surface area contributed by atoms with E-state index in [1.165, 1.54) is 229 Å². The quantitative estimate of drug-likeness (QED) is 0.0721. The molecule has 614 valence electrons. The van der Waals surface area contributed by atoms with Crippen molar-refractivity contribution in [2.45, 2.75) is 405 Å². The molecule has 0 atom stereocenters. The van der Waals surface area contributed by atoms with E-state index in [0.29, 0.717) is 40.0 Å². The number of hydrogen-bond donors (Lipinski definition) is 0. The number of para-hydroxylation sites is 5. The summed E-state index contributed by atoms with van der Waals surface area (Å²) in [4.78, 5) is 17.3. The van der Waals surface area contributed by atoms with Gasteiger partial charge in [-0.05, 0) is 271 Å². The summed E-state index contributed by atoms with van der Waals surface area (Å²) in [6.07, 6.45) is 34.9. The maximum Gasteiger partial charge on any atom is 0.0438 e. The zero-order valence-corrected chi connectivity index (χ0v) is 74.2. The third-order valence-electron chi connectivity index (χ3n) is 27.6. The molecule has 5 aromatic carbocycles. The van der Waals surface area contributed by atoms with Crippen LogP contribution in [-0.4, -0.2) is 111 Å². The van der Waals surface area contributed by atoms with Gasteiger partial charge in [-0.25, -0.2) is 0 Å². The van der Waals surface area contributed by atoms with Crippen LogP contribution in [0.3, 0.4) is 0 Å². The van der Waals surface area contributed by atoms with Gasteiger partial charge in [0.1, 0.15) is 0 Å². The zero-order valence-electron chi connectivity index (χ0n) is 74.2. The number of aryl methyl sites for hydroxylation is 4. The number of nitrogens with zero attached hydrogens (tertiary/aromatic N) is 7. The highest BCUT2D eigenvalue weighted by atomic mass is 15.2. The topological polar surface area (TPSA) is 22.7 Å². The molecule has 107 heavy (non-hydrogen) atoms. The van der Waals surface area contributed by atoms with Gasteiger partial charge in [0.15, 0.2) is 0 Å². The van der Waals surface area contributed by atoms with E-state index in [1.54, 1.807) is 0 Å². The van der Waals surface area contributed by atoms with Crippen LogP contribution in [0.5, 0.6) is 0 Å². The molecular weight excluding hydrogens is 1300 g/mol. The minimum atomic E-state index is 0. The molecule has 0 bridgehead atoms. The van der Waals surface area contributed by atoms with Gasteiger partial charge in [0, 0.05) is 108 Å². The lowest BCUT2D eigenvalue weighted by Crippen LogP contribution is -2.48. The summed E-state index contributed by atoms with van der Waals surface area (Å²) in [5, 5.41) is 0. The maximum absolute atomic E-state index is 2.55. The molecule has 0 saturated heterocycles. The fourth-order valence-corrected chi connectivity index (χ4v) is 16.8. The minimum Gasteiger partial charge on any atom is -0.369 e. The molecule has 0 unspecified atom stereocenters. The Bertz CT molecular complexity index is 3040. The van der Waals surface area contributed by atoms with E-state index in [1.807, 2.05) is 0 Å². The number of rotatable bonds is 21. The van der Waals surface area contributed by atoms with Crippen LogP contribution < -0.4 is 24.5 Å². The Labute approximate surface area is 669 Å². The van der Waals surface area contributed by atoms with Crippen LogP contribution in [0.15, 0.2) is 115 Å². The van der Waals surface area contributed by atoms with E-state index in [2.05, 4.69) is 365 Å². The SMILES string of the molecule is C.C.C.CC(C)N(C)C1(C)CCCCC1.CCC(C)(CC)N(C)c1c(C(C)C)cccc1C(C)C.CCC(C)(CC)N(C)c1c(C)cccc1C.CCC(C)(CC)N(C)c1ccccc1.CN(C)C1(C)CCCCC1.CN(c1ccccc1)C1(C)CCCCC1.Cc1cccc(C)c1N(C)C1(C)CCCCC1. The molecule has 0 spiro atoms. The first-order valence-electron chi connectivity index (χ1n) is 42.3. The Kier molecular flexibility index (Phi) is 45.8. The van der Waals surface area contributed by atoms with Crippen LogP contribution in [0.1, 0.15) is 366 Å². The van der Waals surface area contributed by atoms with Crippen molar-refractivity contribution in [1.29, 1.82) is 0 Å². The lowest BCUT2D eigenvalue weighted by atomic mass is 9.81. The molecule has 5 aromatic rings. The van der Waals surface area contributed by atoms with Crippen molar-refractivity contribution in [1.82, 2.24) is 9.80 Å². The standard InChI is InChI=1S/C19H33N.C16H25N.C15H25N.C14H21N.C13H21N.C11H23N.C9H19N.3CH4/c1-9-19(7,10-2)20(8)18-16(14(3)4)12-11-13-17(18)15(5)6;1-13-9-8-10-14(2)15(13)17(4)16(3)11-6-5-7-12-16;1-7-15(5,8-2)16(6)14-12(3)10-9-11-13(14)4;1-14(11-7-4-8-12-14)15(2)13-9-5-3-6-10-13;1-5-13(3,6-2)14(4)12-10-8-7-9-11-12;1-10(2)12(4)11(3)8-6-5-7-9-11;1-9(10(2)3)7-5-4-6-8-9;;;/h11-15H,9-10H2,1-8H3;8-10H,5-7,11-12H2,1-4H3;9-11H,7-8H2,1-6H3;3,5-6,9-10H,4,7-8,11-12H2,1-2H3;7-11H,5-6H2,1-4H3;10H,5-9H2,1-4H3;4-8H2,1-3H3;3*1H4. The van der Waals surface area contributed by atoms with Gasteiger partial charge in [0.05, 0.1) is 0 Å². The van der Waals surface area contributed by atoms with Crippen molar-refractivity contribution in [2.24, 2.45) is 0 Å². The largest absolute Gasteiger partial charge is 0.369 e. The average Bonchev–Trinajstić information content (AvgIpc) is 0.791. The Morgan fingerprint density at radius 3 is 0.879 bits per heavy atom. The highest BCUT2D eigenvalue weighted by Gasteiger charge is 2.36. The average molecular weight is 1480 g/mol. The summed E-state index contributed by atoms with van der Waals surface area (Å²) in [5.41, 5.74) is 18.0. The predicted molar refractivity (Wildman–Crippen MR) is 491 cm³/mol. The molecule has 0 amide bonds. The third-order valence-corrected chi connectivity index (χ3v) is 27.6. The first kappa shape index (κ1) is 102. The highest BCUT2D eigenvalue weighted by molar-refractivity contribution is 5.64. The molecular formula is C100H179N7. The molecule has 7 nitrogen and oxygen atoms in total. The normalized spacial score (nSPS) is 16.3. The van der Waals surface area contributed by atoms with Crippen LogP contribution in [0.25, 0.3) is 0 Å². The third kappa shape index (κ3) is 28.9. The van der Waals surface area contributed by atoms with Crippen molar-refractivity contribution >= 4 is 28.4 Å². The molecule has 4 saturated carbocycles. The summed E-state index contributed by atoms with van der Waals surface area (Å²) in [5.74, 6) is 1.12. The molecule has 0 heterocycles. The monoisotopic (exact) mass is 1480 g/mol. The van der Waals surface area contributed by atoms with Gasteiger partial charge in [-0.2, -0.15) is 0 Å². The first-order chi connectivity index (χ1) is 48.9. The number of hydrogen-bond acceptors (Lipinski definition) is 7. The van der Waals surface area contributed by atoms with Crippen molar-refractivity contribution in [3.63, 3.8) is 0 Å². The van der Waals surface area contributed by atoms with E-state index in [0.717, 1.165) is 0 Å². The summed E-state index contributed by atoms with van der Waals surface area (Å²) in [7, 11) is 17.9. The summed E-state index contributed by atoms with van der Waals surface area (Å²) < 4.78 is 0. The van der Waals surface area contributed by atoms with Crippen molar-refractivity contribution in [3.8, 4) is 0 Å². The molecule has 7 heteroatoms. The molecule has 0 aromatic heterocycles. The Morgan fingerprint density at radius 1 is 0.308 bits per heavy atom. The number of benzene rings is 5. The lowest BCUT2D eigenvalue weighted by Gasteiger charge is -2.44. The van der Waals surface area contributed by atoms with E-state index in [-0.39, 0.29) is 38.9 Å². The molecule has 4 aliphatic carbocycles. The minimum absolute atomic E-state index is 0. The van der Waals surface area contributed by atoms with Crippen molar-refractivity contribution < 1.29 is 0 Å². The van der Waals surface area contributed by atoms with Gasteiger partial charge in [0.25, 0.3) is 0 Å². The molecule has 0 radical (unpaired) electrons. The smallest absolute Gasteiger partial charge is 0.0438 e. The van der Waals surface area contributed by atoms with E-state index in [9.17, 15) is 0 Å². The lowest BCUT2D eigenvalue weighted by molar-refractivity contribution is 0.0650. The molecule has 0 aliphatic heterocycles. The summed E-state index contributed by atoms with van der Waals surface area (Å²) in [6.45, 7) is 53.0. The second-order valence-electron chi connectivity index (χ2n) is 35.5. The van der Waals surface area contributed by atoms with E-state index < -0.39 is 0 Å². The van der Waals surface area contributed by atoms with Crippen molar-refractivity contribution in [2.75, 3.05) is 80.9 Å². The van der Waals surface area contributed by atoms with Gasteiger partial charge in [-0.3, -0.25) is 4.90 Å². The van der Waals surface area contributed by atoms with Crippen LogP contribution in [0, 0.1) is 27.7 Å². The van der Waals surface area contributed by atoms with E-state index in [4.69, 9.17) is 0 Å². The van der Waals surface area contributed by atoms with Gasteiger partial charge < -0.3 is 29.4 Å². The Hall–Kier alpha value is -4.98. The first-order valence-corrected chi connectivity index (χ1v) is 42.3. The number of anilines is 5. The zero-order chi connectivity index (χ0) is 78.4. The van der Waals surface area contributed by atoms with Crippen LogP contribution >= 0.6 is 0 Å². The molecule has 9 rings (SSSR count). The van der Waals surface area contributed by atoms with Crippen LogP contribution in [0.2, 0.25) is 0 Å². The molecule has 4 fully saturated rings. The van der Waals surface area contributed by atoms with Gasteiger partial charge in [-0.1, -0.05) is 260 Å². The predicted octanol–water partition coefficient (Wildman–Crippen LogP) is 29.5.